The molecule has 2 rings (SSSR count). The normalized spacial score (nSPS) is 16.5. The lowest BCUT2D eigenvalue weighted by molar-refractivity contribution is -0.118. The molecule has 0 saturated carbocycles. The fraction of sp³-hybridized carbons (Fsp3) is 0.533. The summed E-state index contributed by atoms with van der Waals surface area (Å²) in [5, 5.41) is 4.40. The molecule has 0 unspecified atom stereocenters. The third kappa shape index (κ3) is 4.79. The minimum absolute atomic E-state index is 0.289. The van der Waals surface area contributed by atoms with Gasteiger partial charge in [-0.25, -0.2) is 0 Å². The fourth-order valence-electron chi connectivity index (χ4n) is 2.50. The van der Waals surface area contributed by atoms with Crippen LogP contribution >= 0.6 is 23.2 Å². The van der Waals surface area contributed by atoms with Crippen LogP contribution in [0.25, 0.3) is 0 Å². The highest BCUT2D eigenvalue weighted by molar-refractivity contribution is 6.42. The van der Waals surface area contributed by atoms with Gasteiger partial charge in [0.15, 0.2) is 0 Å². The van der Waals surface area contributed by atoms with Crippen LogP contribution < -0.4 is 5.32 Å². The molecule has 19 heavy (non-hydrogen) atoms. The summed E-state index contributed by atoms with van der Waals surface area (Å²) in [6.45, 7) is 2.18. The predicted molar refractivity (Wildman–Crippen MR) is 80.0 cm³/mol. The molecule has 1 heterocycles. The van der Waals surface area contributed by atoms with Gasteiger partial charge in [0.1, 0.15) is 5.78 Å². The molecular formula is C15H19Cl2NO. The Morgan fingerprint density at radius 3 is 2.63 bits per heavy atom. The van der Waals surface area contributed by atoms with Crippen molar-refractivity contribution in [3.05, 3.63) is 33.8 Å². The molecule has 0 bridgehead atoms. The first-order valence-electron chi connectivity index (χ1n) is 6.81. The summed E-state index contributed by atoms with van der Waals surface area (Å²) >= 11 is 11.8. The SMILES string of the molecule is O=C(CCC1CCNCC1)Cc1ccc(Cl)c(Cl)c1. The van der Waals surface area contributed by atoms with Crippen LogP contribution in [0.3, 0.4) is 0 Å². The number of carbonyl (C=O) groups excluding carboxylic acids is 1. The van der Waals surface area contributed by atoms with E-state index in [1.807, 2.05) is 6.07 Å². The molecule has 1 aliphatic rings. The molecule has 2 nitrogen and oxygen atoms in total. The van der Waals surface area contributed by atoms with Crippen molar-refractivity contribution in [2.24, 2.45) is 5.92 Å². The van der Waals surface area contributed by atoms with Crippen molar-refractivity contribution in [2.75, 3.05) is 13.1 Å². The molecule has 1 aliphatic heterocycles. The van der Waals surface area contributed by atoms with Crippen LogP contribution in [0.2, 0.25) is 10.0 Å². The average Bonchev–Trinajstić information content (AvgIpc) is 2.42. The Morgan fingerprint density at radius 1 is 1.21 bits per heavy atom. The van der Waals surface area contributed by atoms with E-state index in [1.54, 1.807) is 12.1 Å². The van der Waals surface area contributed by atoms with E-state index in [4.69, 9.17) is 23.2 Å². The molecule has 1 saturated heterocycles. The molecule has 1 aromatic carbocycles. The fourth-order valence-corrected chi connectivity index (χ4v) is 2.82. The zero-order valence-electron chi connectivity index (χ0n) is 10.9. The first-order chi connectivity index (χ1) is 9.15. The van der Waals surface area contributed by atoms with Gasteiger partial charge in [0.05, 0.1) is 10.0 Å². The molecule has 1 N–H and O–H groups in total. The van der Waals surface area contributed by atoms with Gasteiger partial charge in [-0.1, -0.05) is 29.3 Å². The smallest absolute Gasteiger partial charge is 0.137 e. The van der Waals surface area contributed by atoms with Crippen LogP contribution in [0.4, 0.5) is 0 Å². The maximum absolute atomic E-state index is 12.0. The standard InChI is InChI=1S/C15H19Cl2NO/c16-14-4-2-12(10-15(14)17)9-13(19)3-1-11-5-7-18-8-6-11/h2,4,10-11,18H,1,3,5-9H2. The number of hydrogen-bond acceptors (Lipinski definition) is 2. The Hall–Kier alpha value is -0.570. The molecule has 0 atom stereocenters. The molecule has 0 aliphatic carbocycles. The molecule has 0 amide bonds. The van der Waals surface area contributed by atoms with Gasteiger partial charge in [-0.2, -0.15) is 0 Å². The van der Waals surface area contributed by atoms with E-state index in [9.17, 15) is 4.79 Å². The number of ketones is 1. The predicted octanol–water partition coefficient (Wildman–Crippen LogP) is 3.88. The quantitative estimate of drug-likeness (QED) is 0.894. The molecule has 1 aromatic rings. The lowest BCUT2D eigenvalue weighted by Crippen LogP contribution is -2.28. The number of carbonyl (C=O) groups is 1. The van der Waals surface area contributed by atoms with Crippen LogP contribution in [0.15, 0.2) is 18.2 Å². The van der Waals surface area contributed by atoms with E-state index in [0.717, 1.165) is 25.1 Å². The van der Waals surface area contributed by atoms with Crippen LogP contribution in [-0.2, 0) is 11.2 Å². The Labute approximate surface area is 124 Å². The maximum atomic E-state index is 12.0. The van der Waals surface area contributed by atoms with Gasteiger partial charge in [0.25, 0.3) is 0 Å². The van der Waals surface area contributed by atoms with Crippen LogP contribution in [0.1, 0.15) is 31.2 Å². The van der Waals surface area contributed by atoms with Crippen LogP contribution in [0.5, 0.6) is 0 Å². The highest BCUT2D eigenvalue weighted by atomic mass is 35.5. The lowest BCUT2D eigenvalue weighted by atomic mass is 9.91. The molecule has 0 radical (unpaired) electrons. The van der Waals surface area contributed by atoms with Gasteiger partial charge in [0, 0.05) is 12.8 Å². The number of piperidine rings is 1. The zero-order valence-corrected chi connectivity index (χ0v) is 12.4. The Balaban J connectivity index is 1.78. The zero-order chi connectivity index (χ0) is 13.7. The second kappa shape index (κ2) is 7.28. The van der Waals surface area contributed by atoms with Crippen molar-refractivity contribution >= 4 is 29.0 Å². The molecule has 1 fully saturated rings. The number of benzene rings is 1. The highest BCUT2D eigenvalue weighted by Crippen LogP contribution is 2.23. The van der Waals surface area contributed by atoms with E-state index >= 15 is 0 Å². The van der Waals surface area contributed by atoms with Crippen molar-refractivity contribution in [3.8, 4) is 0 Å². The van der Waals surface area contributed by atoms with Crippen molar-refractivity contribution in [3.63, 3.8) is 0 Å². The van der Waals surface area contributed by atoms with Crippen molar-refractivity contribution in [1.29, 1.82) is 0 Å². The van der Waals surface area contributed by atoms with Crippen molar-refractivity contribution in [2.45, 2.75) is 32.1 Å². The largest absolute Gasteiger partial charge is 0.317 e. The van der Waals surface area contributed by atoms with Gasteiger partial charge in [-0.3, -0.25) is 4.79 Å². The van der Waals surface area contributed by atoms with E-state index < -0.39 is 0 Å². The van der Waals surface area contributed by atoms with Gasteiger partial charge in [-0.15, -0.1) is 0 Å². The van der Waals surface area contributed by atoms with Gasteiger partial charge < -0.3 is 5.32 Å². The summed E-state index contributed by atoms with van der Waals surface area (Å²) in [6, 6.07) is 5.41. The minimum Gasteiger partial charge on any atom is -0.317 e. The minimum atomic E-state index is 0.289. The number of Topliss-reactive ketones (excluding diaryl/α,β-unsaturated/α-hetero) is 1. The third-order valence-electron chi connectivity index (χ3n) is 3.68. The van der Waals surface area contributed by atoms with E-state index in [2.05, 4.69) is 5.32 Å². The van der Waals surface area contributed by atoms with E-state index in [0.29, 0.717) is 28.8 Å². The number of halogens is 2. The Bertz CT molecular complexity index is 442. The molecule has 4 heteroatoms. The summed E-state index contributed by atoms with van der Waals surface area (Å²) in [5.74, 6) is 0.996. The number of rotatable bonds is 5. The van der Waals surface area contributed by atoms with Gasteiger partial charge in [-0.05, 0) is 56.0 Å². The summed E-state index contributed by atoms with van der Waals surface area (Å²) in [4.78, 5) is 12.0. The number of hydrogen-bond donors (Lipinski definition) is 1. The first-order valence-corrected chi connectivity index (χ1v) is 7.57. The monoisotopic (exact) mass is 299 g/mol. The summed E-state index contributed by atoms with van der Waals surface area (Å²) in [6.07, 6.45) is 4.54. The average molecular weight is 300 g/mol. The van der Waals surface area contributed by atoms with Gasteiger partial charge >= 0.3 is 0 Å². The second-order valence-corrected chi connectivity index (χ2v) is 6.01. The maximum Gasteiger partial charge on any atom is 0.137 e. The Morgan fingerprint density at radius 2 is 1.95 bits per heavy atom. The van der Waals surface area contributed by atoms with Crippen molar-refractivity contribution in [1.82, 2.24) is 5.32 Å². The van der Waals surface area contributed by atoms with Crippen molar-refractivity contribution < 1.29 is 4.79 Å². The van der Waals surface area contributed by atoms with Gasteiger partial charge in [0.2, 0.25) is 0 Å². The first kappa shape index (κ1) is 14.8. The summed E-state index contributed by atoms with van der Waals surface area (Å²) in [5.41, 5.74) is 0.949. The lowest BCUT2D eigenvalue weighted by Gasteiger charge is -2.22. The number of nitrogens with one attached hydrogen (secondary N) is 1. The molecule has 0 spiro atoms. The third-order valence-corrected chi connectivity index (χ3v) is 4.41. The van der Waals surface area contributed by atoms with E-state index in [-0.39, 0.29) is 5.78 Å². The highest BCUT2D eigenvalue weighted by Gasteiger charge is 2.14. The molecule has 0 aromatic heterocycles. The summed E-state index contributed by atoms with van der Waals surface area (Å²) in [7, 11) is 0. The van der Waals surface area contributed by atoms with Crippen LogP contribution in [0, 0.1) is 5.92 Å². The molecular weight excluding hydrogens is 281 g/mol. The summed E-state index contributed by atoms with van der Waals surface area (Å²) < 4.78 is 0. The topological polar surface area (TPSA) is 29.1 Å². The van der Waals surface area contributed by atoms with Crippen LogP contribution in [-0.4, -0.2) is 18.9 Å². The van der Waals surface area contributed by atoms with E-state index in [1.165, 1.54) is 12.8 Å². The molecule has 104 valence electrons. The second-order valence-electron chi connectivity index (χ2n) is 5.20. The Kier molecular flexibility index (Phi) is 5.68.